The molecule has 5 heteroatoms. The van der Waals surface area contributed by atoms with Gasteiger partial charge < -0.3 is 9.79 Å². The van der Waals surface area contributed by atoms with Crippen LogP contribution in [0.15, 0.2) is 24.3 Å². The van der Waals surface area contributed by atoms with Crippen LogP contribution in [-0.4, -0.2) is 15.4 Å². The van der Waals surface area contributed by atoms with Crippen LogP contribution >= 0.6 is 7.60 Å². The maximum atomic E-state index is 13.7. The molecule has 0 spiro atoms. The first-order valence-corrected chi connectivity index (χ1v) is 8.45. The molecule has 0 heterocycles. The van der Waals surface area contributed by atoms with E-state index in [9.17, 15) is 18.7 Å². The second-order valence-electron chi connectivity index (χ2n) is 5.35. The summed E-state index contributed by atoms with van der Waals surface area (Å²) in [4.78, 5) is 19.1. The molecule has 1 atom stereocenters. The third-order valence-corrected chi connectivity index (χ3v) is 5.48. The maximum absolute atomic E-state index is 13.7. The van der Waals surface area contributed by atoms with Gasteiger partial charge in [0.05, 0.1) is 5.66 Å². The largest absolute Gasteiger partial charge is 0.329 e. The summed E-state index contributed by atoms with van der Waals surface area (Å²) in [5.41, 5.74) is -0.342. The highest BCUT2D eigenvalue weighted by Gasteiger charge is 2.37. The molecule has 0 bridgehead atoms. The Bertz CT molecular complexity index is 466. The summed E-state index contributed by atoms with van der Waals surface area (Å²) in [5, 5.41) is 0. The van der Waals surface area contributed by atoms with Crippen LogP contribution in [0.3, 0.4) is 0 Å². The summed E-state index contributed by atoms with van der Waals surface area (Å²) in [6, 6.07) is 6.25. The standard InChI is InChI=1S/C14H20FO3P/c15-13-9-5-4-8-12(13)10-14(19(16,17)18)11-6-2-1-3-7-11/h4-5,8-9,11,14H,1-3,6-7,10H2,(H2,16,17,18). The van der Waals surface area contributed by atoms with Crippen molar-refractivity contribution >= 4 is 7.60 Å². The smallest absolute Gasteiger partial charge is 0.324 e. The molecule has 19 heavy (non-hydrogen) atoms. The molecule has 1 fully saturated rings. The Kier molecular flexibility index (Phi) is 4.77. The van der Waals surface area contributed by atoms with Crippen molar-refractivity contribution in [3.63, 3.8) is 0 Å². The van der Waals surface area contributed by atoms with Gasteiger partial charge in [0.25, 0.3) is 0 Å². The number of hydrogen-bond acceptors (Lipinski definition) is 1. The second-order valence-corrected chi connectivity index (χ2v) is 7.19. The van der Waals surface area contributed by atoms with Gasteiger partial charge in [0.15, 0.2) is 0 Å². The van der Waals surface area contributed by atoms with Gasteiger partial charge in [0.1, 0.15) is 5.82 Å². The first kappa shape index (κ1) is 14.7. The fourth-order valence-electron chi connectivity index (χ4n) is 2.97. The average molecular weight is 286 g/mol. The maximum Gasteiger partial charge on any atom is 0.329 e. The SMILES string of the molecule is O=P(O)(O)C(Cc1ccccc1F)C1CCCCC1. The van der Waals surface area contributed by atoms with E-state index in [4.69, 9.17) is 0 Å². The lowest BCUT2D eigenvalue weighted by atomic mass is 9.84. The molecular weight excluding hydrogens is 266 g/mol. The molecule has 1 aromatic rings. The third-order valence-electron chi connectivity index (χ3n) is 4.01. The van der Waals surface area contributed by atoms with E-state index in [1.165, 1.54) is 6.07 Å². The van der Waals surface area contributed by atoms with Gasteiger partial charge in [-0.15, -0.1) is 0 Å². The van der Waals surface area contributed by atoms with Gasteiger partial charge in [-0.1, -0.05) is 37.5 Å². The third kappa shape index (κ3) is 3.88. The first-order valence-electron chi connectivity index (χ1n) is 6.77. The zero-order valence-electron chi connectivity index (χ0n) is 10.8. The Balaban J connectivity index is 2.19. The normalized spacial score (nSPS) is 19.3. The van der Waals surface area contributed by atoms with Crippen molar-refractivity contribution in [1.82, 2.24) is 0 Å². The van der Waals surface area contributed by atoms with Crippen LogP contribution in [0.1, 0.15) is 37.7 Å². The van der Waals surface area contributed by atoms with Crippen molar-refractivity contribution < 1.29 is 18.7 Å². The van der Waals surface area contributed by atoms with Crippen LogP contribution in [-0.2, 0) is 11.0 Å². The van der Waals surface area contributed by atoms with Crippen molar-refractivity contribution in [1.29, 1.82) is 0 Å². The molecule has 0 aliphatic heterocycles. The van der Waals surface area contributed by atoms with Crippen molar-refractivity contribution in [3.05, 3.63) is 35.6 Å². The zero-order valence-corrected chi connectivity index (χ0v) is 11.7. The Hall–Kier alpha value is -0.700. The Morgan fingerprint density at radius 2 is 1.84 bits per heavy atom. The average Bonchev–Trinajstić information content (AvgIpc) is 2.37. The minimum atomic E-state index is -4.20. The molecule has 1 unspecified atom stereocenters. The van der Waals surface area contributed by atoms with E-state index in [-0.39, 0.29) is 18.2 Å². The lowest BCUT2D eigenvalue weighted by Gasteiger charge is -2.30. The lowest BCUT2D eigenvalue weighted by molar-refractivity contribution is 0.288. The van der Waals surface area contributed by atoms with E-state index in [2.05, 4.69) is 0 Å². The molecule has 1 aliphatic rings. The monoisotopic (exact) mass is 286 g/mol. The molecule has 0 amide bonds. The van der Waals surface area contributed by atoms with Gasteiger partial charge in [0, 0.05) is 0 Å². The van der Waals surface area contributed by atoms with E-state index in [0.29, 0.717) is 5.56 Å². The molecule has 1 aromatic carbocycles. The number of halogens is 1. The van der Waals surface area contributed by atoms with Crippen molar-refractivity contribution in [2.75, 3.05) is 0 Å². The van der Waals surface area contributed by atoms with E-state index < -0.39 is 13.3 Å². The summed E-state index contributed by atoms with van der Waals surface area (Å²) < 4.78 is 25.4. The molecule has 1 saturated carbocycles. The number of rotatable bonds is 4. The summed E-state index contributed by atoms with van der Waals surface area (Å²) in [6.07, 6.45) is 4.96. The molecule has 2 rings (SSSR count). The summed E-state index contributed by atoms with van der Waals surface area (Å²) >= 11 is 0. The Labute approximate surface area is 113 Å². The summed E-state index contributed by atoms with van der Waals surface area (Å²) in [7, 11) is -4.20. The van der Waals surface area contributed by atoms with Gasteiger partial charge in [-0.05, 0) is 36.8 Å². The molecular formula is C14H20FO3P. The van der Waals surface area contributed by atoms with Crippen molar-refractivity contribution in [2.24, 2.45) is 5.92 Å². The lowest BCUT2D eigenvalue weighted by Crippen LogP contribution is -2.26. The van der Waals surface area contributed by atoms with Crippen LogP contribution in [0, 0.1) is 11.7 Å². The molecule has 2 N–H and O–H groups in total. The van der Waals surface area contributed by atoms with Crippen molar-refractivity contribution in [3.8, 4) is 0 Å². The molecule has 0 saturated heterocycles. The molecule has 1 aliphatic carbocycles. The second kappa shape index (κ2) is 6.17. The fraction of sp³-hybridized carbons (Fsp3) is 0.571. The van der Waals surface area contributed by atoms with Gasteiger partial charge in [0.2, 0.25) is 0 Å². The first-order chi connectivity index (χ1) is 8.98. The predicted octanol–water partition coefficient (Wildman–Crippen LogP) is 3.49. The van der Waals surface area contributed by atoms with E-state index in [0.717, 1.165) is 32.1 Å². The van der Waals surface area contributed by atoms with Crippen LogP contribution < -0.4 is 0 Å². The fourth-order valence-corrected chi connectivity index (χ4v) is 4.25. The summed E-state index contributed by atoms with van der Waals surface area (Å²) in [6.45, 7) is 0. The summed E-state index contributed by atoms with van der Waals surface area (Å²) in [5.74, 6) is -0.369. The van der Waals surface area contributed by atoms with Gasteiger partial charge in [-0.2, -0.15) is 0 Å². The van der Waals surface area contributed by atoms with Gasteiger partial charge in [-0.3, -0.25) is 4.57 Å². The highest BCUT2D eigenvalue weighted by Crippen LogP contribution is 2.50. The van der Waals surface area contributed by atoms with Crippen LogP contribution in [0.2, 0.25) is 0 Å². The number of hydrogen-bond donors (Lipinski definition) is 2. The van der Waals surface area contributed by atoms with E-state index in [1.54, 1.807) is 18.2 Å². The van der Waals surface area contributed by atoms with Crippen LogP contribution in [0.5, 0.6) is 0 Å². The predicted molar refractivity (Wildman–Crippen MR) is 72.5 cm³/mol. The van der Waals surface area contributed by atoms with Gasteiger partial charge >= 0.3 is 7.60 Å². The highest BCUT2D eigenvalue weighted by atomic mass is 31.2. The van der Waals surface area contributed by atoms with Crippen LogP contribution in [0.25, 0.3) is 0 Å². The Morgan fingerprint density at radius 3 is 2.42 bits per heavy atom. The van der Waals surface area contributed by atoms with E-state index >= 15 is 0 Å². The van der Waals surface area contributed by atoms with Crippen molar-refractivity contribution in [2.45, 2.75) is 44.2 Å². The molecule has 3 nitrogen and oxygen atoms in total. The Morgan fingerprint density at radius 1 is 1.21 bits per heavy atom. The quantitative estimate of drug-likeness (QED) is 0.833. The minimum absolute atomic E-state index is 0.00851. The zero-order chi connectivity index (χ0) is 13.9. The highest BCUT2D eigenvalue weighted by molar-refractivity contribution is 7.52. The van der Waals surface area contributed by atoms with Crippen LogP contribution in [0.4, 0.5) is 4.39 Å². The molecule has 0 radical (unpaired) electrons. The molecule has 0 aromatic heterocycles. The topological polar surface area (TPSA) is 57.5 Å². The molecule has 106 valence electrons. The number of benzene rings is 1. The van der Waals surface area contributed by atoms with Gasteiger partial charge in [-0.25, -0.2) is 4.39 Å². The van der Waals surface area contributed by atoms with E-state index in [1.807, 2.05) is 0 Å². The minimum Gasteiger partial charge on any atom is -0.324 e.